The summed E-state index contributed by atoms with van der Waals surface area (Å²) in [5.41, 5.74) is 5.81. The van der Waals surface area contributed by atoms with Gasteiger partial charge >= 0.3 is 0 Å². The van der Waals surface area contributed by atoms with Crippen molar-refractivity contribution in [1.82, 2.24) is 5.32 Å². The summed E-state index contributed by atoms with van der Waals surface area (Å²) in [6.07, 6.45) is 6.33. The molecule has 2 aliphatic rings. The van der Waals surface area contributed by atoms with Gasteiger partial charge in [-0.15, -0.1) is 0 Å². The largest absolute Gasteiger partial charge is 0.507 e. The van der Waals surface area contributed by atoms with E-state index >= 15 is 0 Å². The van der Waals surface area contributed by atoms with Gasteiger partial charge in [0, 0.05) is 24.8 Å². The number of rotatable bonds is 8. The highest BCUT2D eigenvalue weighted by molar-refractivity contribution is 7.90. The zero-order chi connectivity index (χ0) is 26.3. The number of anilines is 2. The summed E-state index contributed by atoms with van der Waals surface area (Å²) < 4.78 is 26.6. The van der Waals surface area contributed by atoms with Gasteiger partial charge in [0.1, 0.15) is 5.75 Å². The van der Waals surface area contributed by atoms with Gasteiger partial charge in [-0.2, -0.15) is 8.42 Å². The molecule has 1 aliphatic carbocycles. The van der Waals surface area contributed by atoms with Gasteiger partial charge in [0.25, 0.3) is 16.1 Å². The van der Waals surface area contributed by atoms with E-state index < -0.39 is 10.2 Å². The normalized spacial score (nSPS) is 16.3. The highest BCUT2D eigenvalue weighted by Crippen LogP contribution is 2.46. The molecule has 8 nitrogen and oxygen atoms in total. The van der Waals surface area contributed by atoms with Crippen molar-refractivity contribution in [2.24, 2.45) is 10.6 Å². The van der Waals surface area contributed by atoms with Crippen molar-refractivity contribution in [3.8, 4) is 5.75 Å². The number of benzene rings is 2. The second-order valence-corrected chi connectivity index (χ2v) is 12.3. The molecule has 36 heavy (non-hydrogen) atoms. The van der Waals surface area contributed by atoms with Crippen LogP contribution in [0, 0.1) is 19.3 Å². The third-order valence-corrected chi connectivity index (χ3v) is 8.15. The molecular formula is C27H38N4O4S. The molecule has 2 aromatic carbocycles. The Morgan fingerprint density at radius 3 is 2.47 bits per heavy atom. The number of para-hydroxylation sites is 1. The van der Waals surface area contributed by atoms with Crippen LogP contribution in [-0.4, -0.2) is 38.6 Å². The van der Waals surface area contributed by atoms with Crippen LogP contribution in [-0.2, 0) is 23.1 Å². The molecule has 5 N–H and O–H groups in total. The standard InChI is InChI=1S/C27H38N4O4S/c1-17-20-13-14-31(19-9-5-6-10-19)25(20)22(18(2)24(17)30-36(28,34)35)15-27(3,4)16-29-26(33)21-11-7-8-12-23(21)32/h7-8,11-12,19,30,32H,5-6,9-10,13-16H2,1-4H3,(H,29,33)(H2,28,34,35). The maximum atomic E-state index is 12.7. The van der Waals surface area contributed by atoms with Crippen molar-refractivity contribution in [2.45, 2.75) is 72.3 Å². The number of nitrogens with zero attached hydrogens (tertiary/aromatic N) is 1. The number of carbonyl (C=O) groups excluding carboxylic acids is 1. The van der Waals surface area contributed by atoms with Gasteiger partial charge in [0.2, 0.25) is 0 Å². The second kappa shape index (κ2) is 9.94. The fourth-order valence-corrected chi connectivity index (χ4v) is 6.42. The molecular weight excluding hydrogens is 476 g/mol. The SMILES string of the molecule is Cc1c2c(c(CC(C)(C)CNC(=O)c3ccccc3O)c(C)c1NS(N)(=O)=O)N(C1CCCC1)CC2. The molecule has 1 heterocycles. The molecule has 1 amide bonds. The number of fused-ring (bicyclic) bond motifs is 1. The summed E-state index contributed by atoms with van der Waals surface area (Å²) >= 11 is 0. The van der Waals surface area contributed by atoms with Gasteiger partial charge in [0.15, 0.2) is 0 Å². The zero-order valence-corrected chi connectivity index (χ0v) is 22.5. The third-order valence-electron chi connectivity index (χ3n) is 7.66. The Morgan fingerprint density at radius 1 is 1.17 bits per heavy atom. The van der Waals surface area contributed by atoms with Crippen LogP contribution in [0.4, 0.5) is 11.4 Å². The lowest BCUT2D eigenvalue weighted by atomic mass is 9.81. The highest BCUT2D eigenvalue weighted by atomic mass is 32.2. The number of nitrogens with one attached hydrogen (secondary N) is 2. The maximum Gasteiger partial charge on any atom is 0.296 e. The minimum Gasteiger partial charge on any atom is -0.507 e. The lowest BCUT2D eigenvalue weighted by Gasteiger charge is -2.34. The third kappa shape index (κ3) is 5.47. The molecule has 2 aromatic rings. The Balaban J connectivity index is 1.68. The van der Waals surface area contributed by atoms with Crippen LogP contribution in [0.15, 0.2) is 24.3 Å². The van der Waals surface area contributed by atoms with E-state index in [9.17, 15) is 18.3 Å². The van der Waals surface area contributed by atoms with Crippen LogP contribution >= 0.6 is 0 Å². The van der Waals surface area contributed by atoms with E-state index in [0.717, 1.165) is 29.7 Å². The van der Waals surface area contributed by atoms with Crippen molar-refractivity contribution < 1.29 is 18.3 Å². The van der Waals surface area contributed by atoms with Gasteiger partial charge in [-0.05, 0) is 79.3 Å². The van der Waals surface area contributed by atoms with E-state index in [1.54, 1.807) is 18.2 Å². The van der Waals surface area contributed by atoms with Crippen LogP contribution in [0.1, 0.15) is 72.1 Å². The van der Waals surface area contributed by atoms with Crippen molar-refractivity contribution in [3.05, 3.63) is 52.1 Å². The first kappa shape index (κ1) is 26.3. The topological polar surface area (TPSA) is 125 Å². The molecule has 4 rings (SSSR count). The van der Waals surface area contributed by atoms with E-state index in [2.05, 4.69) is 28.8 Å². The number of nitrogens with two attached hydrogens (primary N) is 1. The van der Waals surface area contributed by atoms with Gasteiger partial charge < -0.3 is 15.3 Å². The van der Waals surface area contributed by atoms with Crippen molar-refractivity contribution >= 4 is 27.5 Å². The monoisotopic (exact) mass is 514 g/mol. The van der Waals surface area contributed by atoms with Crippen LogP contribution in [0.25, 0.3) is 0 Å². The Bertz CT molecular complexity index is 1270. The number of hydrogen-bond acceptors (Lipinski definition) is 5. The molecule has 1 aliphatic heterocycles. The molecule has 0 unspecified atom stereocenters. The Kier molecular flexibility index (Phi) is 7.26. The first-order valence-electron chi connectivity index (χ1n) is 12.7. The van der Waals surface area contributed by atoms with Crippen LogP contribution in [0.5, 0.6) is 5.75 Å². The predicted molar refractivity (Wildman–Crippen MR) is 144 cm³/mol. The summed E-state index contributed by atoms with van der Waals surface area (Å²) in [6, 6.07) is 7.00. The molecule has 0 radical (unpaired) electrons. The van der Waals surface area contributed by atoms with Gasteiger partial charge in [-0.25, -0.2) is 5.14 Å². The molecule has 9 heteroatoms. The first-order valence-corrected chi connectivity index (χ1v) is 14.2. The number of carbonyl (C=O) groups is 1. The minimum atomic E-state index is -3.93. The summed E-state index contributed by atoms with van der Waals surface area (Å²) in [4.78, 5) is 15.3. The van der Waals surface area contributed by atoms with Crippen LogP contribution in [0.3, 0.4) is 0 Å². The molecule has 0 atom stereocenters. The molecule has 0 saturated heterocycles. The van der Waals surface area contributed by atoms with E-state index in [1.165, 1.54) is 43.0 Å². The Labute approximate surface area is 214 Å². The summed E-state index contributed by atoms with van der Waals surface area (Å²) in [7, 11) is -3.93. The number of hydrogen-bond donors (Lipinski definition) is 4. The number of aromatic hydroxyl groups is 1. The van der Waals surface area contributed by atoms with Gasteiger partial charge in [-0.3, -0.25) is 9.52 Å². The average molecular weight is 515 g/mol. The van der Waals surface area contributed by atoms with Crippen molar-refractivity contribution in [3.63, 3.8) is 0 Å². The fourth-order valence-electron chi connectivity index (χ4n) is 5.83. The summed E-state index contributed by atoms with van der Waals surface area (Å²) in [5.74, 6) is -0.373. The lowest BCUT2D eigenvalue weighted by Crippen LogP contribution is -2.37. The number of phenols is 1. The molecule has 0 spiro atoms. The van der Waals surface area contributed by atoms with E-state index in [1.807, 2.05) is 13.8 Å². The molecule has 1 saturated carbocycles. The predicted octanol–water partition coefficient (Wildman–Crippen LogP) is 3.93. The Morgan fingerprint density at radius 2 is 1.83 bits per heavy atom. The molecule has 196 valence electrons. The van der Waals surface area contributed by atoms with Crippen molar-refractivity contribution in [2.75, 3.05) is 22.7 Å². The van der Waals surface area contributed by atoms with E-state index in [4.69, 9.17) is 5.14 Å². The molecule has 1 fully saturated rings. The van der Waals surface area contributed by atoms with E-state index in [0.29, 0.717) is 24.7 Å². The fraction of sp³-hybridized carbons (Fsp3) is 0.519. The summed E-state index contributed by atoms with van der Waals surface area (Å²) in [5, 5.41) is 18.4. The quantitative estimate of drug-likeness (QED) is 0.425. The maximum absolute atomic E-state index is 12.7. The molecule has 0 bridgehead atoms. The summed E-state index contributed by atoms with van der Waals surface area (Å²) in [6.45, 7) is 9.42. The first-order chi connectivity index (χ1) is 16.9. The minimum absolute atomic E-state index is 0.0501. The van der Waals surface area contributed by atoms with Gasteiger partial charge in [-0.1, -0.05) is 38.8 Å². The average Bonchev–Trinajstić information content (AvgIpc) is 3.48. The number of phenolic OH excluding ortho intramolecular Hbond substituents is 1. The molecule has 0 aromatic heterocycles. The van der Waals surface area contributed by atoms with E-state index in [-0.39, 0.29) is 22.6 Å². The van der Waals surface area contributed by atoms with Crippen LogP contribution in [0.2, 0.25) is 0 Å². The van der Waals surface area contributed by atoms with Gasteiger partial charge in [0.05, 0.1) is 11.3 Å². The zero-order valence-electron chi connectivity index (χ0n) is 21.6. The van der Waals surface area contributed by atoms with Crippen molar-refractivity contribution in [1.29, 1.82) is 0 Å². The lowest BCUT2D eigenvalue weighted by molar-refractivity contribution is 0.0933. The second-order valence-electron chi connectivity index (χ2n) is 11.0. The highest BCUT2D eigenvalue weighted by Gasteiger charge is 2.35. The number of amides is 1. The Hall–Kier alpha value is -2.78. The smallest absolute Gasteiger partial charge is 0.296 e. The van der Waals surface area contributed by atoms with Crippen LogP contribution < -0.4 is 20.1 Å².